The first-order valence-electron chi connectivity index (χ1n) is 15.3. The highest BCUT2D eigenvalue weighted by Crippen LogP contribution is 2.41. The maximum atomic E-state index is 15.3. The first-order valence-corrected chi connectivity index (χ1v) is 16.2. The number of hydrogen-bond acceptors (Lipinski definition) is 9. The van der Waals surface area contributed by atoms with Crippen LogP contribution in [0.2, 0.25) is 0 Å². The third kappa shape index (κ3) is 10.5. The minimum atomic E-state index is -5.08. The van der Waals surface area contributed by atoms with Crippen molar-refractivity contribution in [2.24, 2.45) is 5.73 Å². The van der Waals surface area contributed by atoms with Crippen molar-refractivity contribution >= 4 is 23.3 Å². The van der Waals surface area contributed by atoms with E-state index in [4.69, 9.17) is 30.6 Å². The van der Waals surface area contributed by atoms with Crippen molar-refractivity contribution in [3.8, 4) is 23.1 Å². The van der Waals surface area contributed by atoms with Crippen molar-refractivity contribution < 1.29 is 68.0 Å². The Balaban J connectivity index is 0.000000860. The maximum absolute atomic E-state index is 15.3. The molecule has 0 aliphatic heterocycles. The van der Waals surface area contributed by atoms with Gasteiger partial charge < -0.3 is 37.7 Å². The Bertz CT molecular complexity index is 2100. The summed E-state index contributed by atoms with van der Waals surface area (Å²) >= 11 is 1.31. The Morgan fingerprint density at radius 2 is 1.72 bits per heavy atom. The molecule has 0 unspecified atom stereocenters. The molecular formula is C35H32BrF5N6O5S. The summed E-state index contributed by atoms with van der Waals surface area (Å²) in [4.78, 5) is 25.3. The molecule has 18 heteroatoms. The molecule has 0 spiro atoms. The smallest absolute Gasteiger partial charge is 0.490 e. The third-order valence-corrected chi connectivity index (χ3v) is 8.89. The van der Waals surface area contributed by atoms with Crippen LogP contribution in [0, 0.1) is 36.8 Å². The van der Waals surface area contributed by atoms with Gasteiger partial charge in [0.05, 0.1) is 35.4 Å². The lowest BCUT2D eigenvalue weighted by molar-refractivity contribution is -0.689. The second-order valence-electron chi connectivity index (χ2n) is 11.7. The van der Waals surface area contributed by atoms with E-state index >= 15 is 4.39 Å². The van der Waals surface area contributed by atoms with Gasteiger partial charge in [-0.3, -0.25) is 4.79 Å². The van der Waals surface area contributed by atoms with Crippen molar-refractivity contribution in [3.05, 3.63) is 117 Å². The van der Waals surface area contributed by atoms with Gasteiger partial charge in [-0.25, -0.2) is 23.1 Å². The Morgan fingerprint density at radius 1 is 1.09 bits per heavy atom. The number of benzene rings is 3. The normalized spacial score (nSPS) is 12.7. The van der Waals surface area contributed by atoms with E-state index in [9.17, 15) is 27.5 Å². The number of alkyl halides is 3. The molecule has 0 aliphatic carbocycles. The fourth-order valence-electron chi connectivity index (χ4n) is 5.27. The molecule has 2 atom stereocenters. The van der Waals surface area contributed by atoms with Gasteiger partial charge in [-0.2, -0.15) is 18.4 Å². The van der Waals surface area contributed by atoms with Gasteiger partial charge in [0.25, 0.3) is 6.33 Å². The molecule has 2 aromatic heterocycles. The zero-order chi connectivity index (χ0) is 38.4. The number of esters is 1. The highest BCUT2D eigenvalue weighted by atomic mass is 79.9. The van der Waals surface area contributed by atoms with Crippen molar-refractivity contribution in [1.82, 2.24) is 14.8 Å². The summed E-state index contributed by atoms with van der Waals surface area (Å²) in [5.41, 5.74) is 7.89. The number of ether oxygens (including phenoxy) is 1. The number of aliphatic carboxylic acids is 1. The van der Waals surface area contributed by atoms with Crippen LogP contribution in [-0.2, 0) is 28.3 Å². The number of nitriles is 1. The van der Waals surface area contributed by atoms with E-state index in [1.807, 2.05) is 31.4 Å². The molecule has 3 aromatic carbocycles. The second kappa shape index (κ2) is 17.6. The van der Waals surface area contributed by atoms with Crippen LogP contribution in [0.25, 0.3) is 11.3 Å². The van der Waals surface area contributed by atoms with Gasteiger partial charge >= 0.3 is 18.1 Å². The Labute approximate surface area is 314 Å². The average Bonchev–Trinajstić information content (AvgIpc) is 3.75. The van der Waals surface area contributed by atoms with Gasteiger partial charge in [0.15, 0.2) is 0 Å². The van der Waals surface area contributed by atoms with Crippen molar-refractivity contribution in [3.63, 3.8) is 0 Å². The first-order chi connectivity index (χ1) is 24.4. The van der Waals surface area contributed by atoms with E-state index in [1.165, 1.54) is 22.1 Å². The molecular weight excluding hydrogens is 791 g/mol. The average molecular weight is 824 g/mol. The fraction of sp³-hybridized carbons (Fsp3) is 0.257. The number of hydrogen-bond donors (Lipinski definition) is 3. The number of halogens is 6. The van der Waals surface area contributed by atoms with Crippen LogP contribution < -0.4 is 32.0 Å². The van der Waals surface area contributed by atoms with Crippen LogP contribution in [-0.4, -0.2) is 49.6 Å². The van der Waals surface area contributed by atoms with E-state index in [1.54, 1.807) is 48.4 Å². The Hall–Kier alpha value is -5.09. The SMILES string of the molecule is Cc1cc(C[n+]2cnn(C[C@](O)(c3ccc(F)cc3F)[C@@H](C)c3nc(-c4ccc(C#N)cc4)cs3)c2)cc(C)c1OC(=O)CN.O=C(O)C(F)(F)F.[Br-]. The molecule has 280 valence electrons. The predicted molar refractivity (Wildman–Crippen MR) is 177 cm³/mol. The van der Waals surface area contributed by atoms with Crippen LogP contribution in [0.15, 0.2) is 72.6 Å². The standard InChI is InChI=1S/C33H31F2N6O3S.C2HF3O2.BrH/c1-20-10-24(11-21(2)31(20)44-30(42)14-37)15-40-18-38-41(19-40)17-33(43,27-9-8-26(34)12-28(27)35)22(3)32-39-29(16-45-32)25-6-4-23(13-36)5-7-25;3-2(4,5)1(6)7;/h4-12,16,18-19,22,43H,14-15,17,37H2,1-3H3;(H,6,7);1H/q+1;;/p-1/t22-,33+;;/m0../s1. The van der Waals surface area contributed by atoms with E-state index in [2.05, 4.69) is 11.2 Å². The first kappa shape index (κ1) is 42.3. The van der Waals surface area contributed by atoms with Crippen LogP contribution in [0.4, 0.5) is 22.0 Å². The van der Waals surface area contributed by atoms with Crippen LogP contribution in [0.1, 0.15) is 45.7 Å². The van der Waals surface area contributed by atoms with Gasteiger partial charge in [-0.05, 0) is 60.9 Å². The molecule has 0 aliphatic rings. The van der Waals surface area contributed by atoms with E-state index in [0.717, 1.165) is 34.4 Å². The molecule has 4 N–H and O–H groups in total. The molecule has 0 fully saturated rings. The van der Waals surface area contributed by atoms with Crippen LogP contribution >= 0.6 is 11.3 Å². The number of aliphatic hydroxyl groups is 1. The lowest BCUT2D eigenvalue weighted by Gasteiger charge is -2.32. The number of thiazole rings is 1. The number of carbonyl (C=O) groups excluding carboxylic acids is 1. The maximum Gasteiger partial charge on any atom is 0.490 e. The van der Waals surface area contributed by atoms with E-state index in [-0.39, 0.29) is 35.6 Å². The largest absolute Gasteiger partial charge is 1.00 e. The molecule has 0 bridgehead atoms. The second-order valence-corrected chi connectivity index (χ2v) is 12.6. The number of aromatic nitrogens is 4. The molecule has 0 amide bonds. The summed E-state index contributed by atoms with van der Waals surface area (Å²) in [7, 11) is 0. The minimum Gasteiger partial charge on any atom is -1.00 e. The molecule has 11 nitrogen and oxygen atoms in total. The summed E-state index contributed by atoms with van der Waals surface area (Å²) in [5, 5.41) is 35.3. The lowest BCUT2D eigenvalue weighted by Crippen LogP contribution is -3.00. The lowest BCUT2D eigenvalue weighted by atomic mass is 9.82. The number of carboxylic acids is 1. The topological polar surface area (TPSA) is 168 Å². The van der Waals surface area contributed by atoms with Gasteiger partial charge in [0.1, 0.15) is 29.5 Å². The quantitative estimate of drug-likeness (QED) is 0.0829. The molecule has 0 saturated carbocycles. The van der Waals surface area contributed by atoms with Gasteiger partial charge in [-0.15, -0.1) is 16.0 Å². The Morgan fingerprint density at radius 3 is 2.26 bits per heavy atom. The molecule has 5 rings (SSSR count). The summed E-state index contributed by atoms with van der Waals surface area (Å²) in [6.45, 7) is 5.48. The number of carboxylic acid groups (broad SMARTS) is 1. The van der Waals surface area contributed by atoms with Gasteiger partial charge in [0, 0.05) is 33.6 Å². The highest BCUT2D eigenvalue weighted by Gasteiger charge is 2.43. The third-order valence-electron chi connectivity index (χ3n) is 7.86. The summed E-state index contributed by atoms with van der Waals surface area (Å²) in [6, 6.07) is 16.0. The number of carbonyl (C=O) groups is 2. The molecule has 0 radical (unpaired) electrons. The summed E-state index contributed by atoms with van der Waals surface area (Å²) in [6.07, 6.45) is -1.80. The zero-order valence-corrected chi connectivity index (χ0v) is 30.6. The fourth-order valence-corrected chi connectivity index (χ4v) is 6.24. The van der Waals surface area contributed by atoms with Crippen molar-refractivity contribution in [2.45, 2.75) is 51.6 Å². The van der Waals surface area contributed by atoms with Gasteiger partial charge in [-0.1, -0.05) is 25.1 Å². The Kier molecular flexibility index (Phi) is 14.1. The molecule has 2 heterocycles. The number of nitrogens with zero attached hydrogens (tertiary/aromatic N) is 5. The van der Waals surface area contributed by atoms with Crippen molar-refractivity contribution in [2.75, 3.05) is 6.54 Å². The van der Waals surface area contributed by atoms with E-state index < -0.39 is 41.3 Å². The van der Waals surface area contributed by atoms with E-state index in [0.29, 0.717) is 28.6 Å². The van der Waals surface area contributed by atoms with Gasteiger partial charge in [0.2, 0.25) is 6.33 Å². The zero-order valence-electron chi connectivity index (χ0n) is 28.2. The van der Waals surface area contributed by atoms with Crippen LogP contribution in [0.5, 0.6) is 5.75 Å². The molecule has 0 saturated heterocycles. The number of rotatable bonds is 10. The molecule has 5 aromatic rings. The van der Waals surface area contributed by atoms with Crippen LogP contribution in [0.3, 0.4) is 0 Å². The summed E-state index contributed by atoms with van der Waals surface area (Å²) < 4.78 is 69.6. The number of aryl methyl sites for hydroxylation is 2. The highest BCUT2D eigenvalue weighted by molar-refractivity contribution is 7.10. The monoisotopic (exact) mass is 822 g/mol. The summed E-state index contributed by atoms with van der Waals surface area (Å²) in [5.74, 6) is -5.16. The minimum absolute atomic E-state index is 0. The predicted octanol–water partition coefficient (Wildman–Crippen LogP) is 2.30. The molecule has 53 heavy (non-hydrogen) atoms. The van der Waals surface area contributed by atoms with Crippen molar-refractivity contribution in [1.29, 1.82) is 5.26 Å². The number of nitrogens with two attached hydrogens (primary N) is 1.